The van der Waals surface area contributed by atoms with E-state index in [1.165, 1.54) is 22.7 Å². The SMILES string of the molecule is Cc1nsc(NCCN(C(=O)C2Cc3ccccc32)C2CC2)n1. The Morgan fingerprint density at radius 3 is 2.91 bits per heavy atom. The lowest BCUT2D eigenvalue weighted by Gasteiger charge is -2.34. The molecule has 4 rings (SSSR count). The number of benzene rings is 1. The molecule has 2 aliphatic carbocycles. The third-order valence-electron chi connectivity index (χ3n) is 4.58. The molecule has 1 aromatic heterocycles. The Morgan fingerprint density at radius 2 is 2.22 bits per heavy atom. The molecular weight excluding hydrogens is 308 g/mol. The van der Waals surface area contributed by atoms with Gasteiger partial charge in [0, 0.05) is 30.7 Å². The highest BCUT2D eigenvalue weighted by Crippen LogP contribution is 2.38. The first kappa shape index (κ1) is 14.6. The summed E-state index contributed by atoms with van der Waals surface area (Å²) in [5.74, 6) is 1.15. The lowest BCUT2D eigenvalue weighted by Crippen LogP contribution is -2.42. The Bertz CT molecular complexity index is 725. The predicted octanol–water partition coefficient (Wildman–Crippen LogP) is 2.59. The Morgan fingerprint density at radius 1 is 1.39 bits per heavy atom. The zero-order chi connectivity index (χ0) is 15.8. The highest BCUT2D eigenvalue weighted by atomic mass is 32.1. The van der Waals surface area contributed by atoms with E-state index in [0.717, 1.165) is 43.3 Å². The van der Waals surface area contributed by atoms with Crippen LogP contribution < -0.4 is 5.32 Å². The number of nitrogens with one attached hydrogen (secondary N) is 1. The fraction of sp³-hybridized carbons (Fsp3) is 0.471. The van der Waals surface area contributed by atoms with Gasteiger partial charge in [0.2, 0.25) is 11.0 Å². The standard InChI is InChI=1S/C17H20N4OS/c1-11-19-17(23-20-11)18-8-9-21(13-6-7-13)16(22)15-10-12-4-2-3-5-14(12)15/h2-5,13,15H,6-10H2,1H3,(H,18,19,20). The number of aryl methyl sites for hydroxylation is 1. The third kappa shape index (κ3) is 2.95. The Hall–Kier alpha value is -1.95. The van der Waals surface area contributed by atoms with Crippen LogP contribution in [-0.4, -0.2) is 39.3 Å². The summed E-state index contributed by atoms with van der Waals surface area (Å²) in [4.78, 5) is 19.3. The largest absolute Gasteiger partial charge is 0.359 e. The normalized spacial score (nSPS) is 18.9. The molecule has 1 fully saturated rings. The molecule has 1 aromatic carbocycles. The maximum absolute atomic E-state index is 12.9. The molecule has 1 saturated carbocycles. The van der Waals surface area contributed by atoms with Crippen LogP contribution in [0.4, 0.5) is 5.13 Å². The quantitative estimate of drug-likeness (QED) is 0.885. The third-order valence-corrected chi connectivity index (χ3v) is 5.34. The Labute approximate surface area is 139 Å². The summed E-state index contributed by atoms with van der Waals surface area (Å²) >= 11 is 1.37. The van der Waals surface area contributed by atoms with Gasteiger partial charge in [-0.25, -0.2) is 4.98 Å². The van der Waals surface area contributed by atoms with Crippen molar-refractivity contribution in [3.05, 3.63) is 41.2 Å². The first-order valence-corrected chi connectivity index (χ1v) is 8.92. The van der Waals surface area contributed by atoms with Gasteiger partial charge in [0.25, 0.3) is 0 Å². The van der Waals surface area contributed by atoms with Crippen molar-refractivity contribution in [1.29, 1.82) is 0 Å². The first-order chi connectivity index (χ1) is 11.2. The van der Waals surface area contributed by atoms with Gasteiger partial charge in [-0.05, 0) is 37.3 Å². The van der Waals surface area contributed by atoms with Crippen molar-refractivity contribution < 1.29 is 4.79 Å². The van der Waals surface area contributed by atoms with Gasteiger partial charge in [-0.1, -0.05) is 24.3 Å². The molecule has 1 N–H and O–H groups in total. The van der Waals surface area contributed by atoms with E-state index in [9.17, 15) is 4.79 Å². The van der Waals surface area contributed by atoms with Crippen LogP contribution in [0.15, 0.2) is 24.3 Å². The molecule has 0 saturated heterocycles. The summed E-state index contributed by atoms with van der Waals surface area (Å²) in [6, 6.07) is 8.73. The average Bonchev–Trinajstić information content (AvgIpc) is 3.27. The van der Waals surface area contributed by atoms with Crippen molar-refractivity contribution in [2.45, 2.75) is 38.1 Å². The van der Waals surface area contributed by atoms with Crippen molar-refractivity contribution >= 4 is 22.6 Å². The monoisotopic (exact) mass is 328 g/mol. The zero-order valence-electron chi connectivity index (χ0n) is 13.2. The van der Waals surface area contributed by atoms with Crippen LogP contribution in [0, 0.1) is 6.92 Å². The van der Waals surface area contributed by atoms with Gasteiger partial charge in [0.15, 0.2) is 0 Å². The highest BCUT2D eigenvalue weighted by Gasteiger charge is 2.39. The number of carbonyl (C=O) groups excluding carboxylic acids is 1. The molecule has 0 bridgehead atoms. The summed E-state index contributed by atoms with van der Waals surface area (Å²) in [6.07, 6.45) is 3.16. The molecule has 2 aliphatic rings. The second kappa shape index (κ2) is 5.92. The van der Waals surface area contributed by atoms with E-state index in [1.54, 1.807) is 0 Å². The van der Waals surface area contributed by atoms with Crippen LogP contribution in [0.2, 0.25) is 0 Å². The van der Waals surface area contributed by atoms with Crippen LogP contribution in [0.3, 0.4) is 0 Å². The number of hydrogen-bond acceptors (Lipinski definition) is 5. The summed E-state index contributed by atoms with van der Waals surface area (Å²) in [7, 11) is 0. The topological polar surface area (TPSA) is 58.1 Å². The molecule has 0 radical (unpaired) electrons. The molecule has 1 atom stereocenters. The summed E-state index contributed by atoms with van der Waals surface area (Å²) in [5, 5.41) is 4.11. The van der Waals surface area contributed by atoms with Crippen molar-refractivity contribution in [3.63, 3.8) is 0 Å². The maximum Gasteiger partial charge on any atom is 0.230 e. The molecule has 1 amide bonds. The Kier molecular flexibility index (Phi) is 3.77. The maximum atomic E-state index is 12.9. The van der Waals surface area contributed by atoms with E-state index in [0.29, 0.717) is 11.9 Å². The predicted molar refractivity (Wildman–Crippen MR) is 90.8 cm³/mol. The summed E-state index contributed by atoms with van der Waals surface area (Å²) in [5.41, 5.74) is 2.54. The lowest BCUT2D eigenvalue weighted by molar-refractivity contribution is -0.133. The number of carbonyl (C=O) groups is 1. The minimum atomic E-state index is 0.0653. The van der Waals surface area contributed by atoms with E-state index in [-0.39, 0.29) is 5.92 Å². The van der Waals surface area contributed by atoms with Crippen LogP contribution in [0.5, 0.6) is 0 Å². The number of amides is 1. The van der Waals surface area contributed by atoms with Gasteiger partial charge in [0.05, 0.1) is 5.92 Å². The van der Waals surface area contributed by atoms with E-state index >= 15 is 0 Å². The fourth-order valence-electron chi connectivity index (χ4n) is 3.19. The van der Waals surface area contributed by atoms with E-state index in [1.807, 2.05) is 19.1 Å². The van der Waals surface area contributed by atoms with E-state index in [4.69, 9.17) is 0 Å². The lowest BCUT2D eigenvalue weighted by atomic mass is 9.77. The first-order valence-electron chi connectivity index (χ1n) is 8.15. The number of aromatic nitrogens is 2. The molecule has 1 heterocycles. The molecule has 5 nitrogen and oxygen atoms in total. The van der Waals surface area contributed by atoms with Gasteiger partial charge < -0.3 is 10.2 Å². The number of hydrogen-bond donors (Lipinski definition) is 1. The molecule has 0 spiro atoms. The van der Waals surface area contributed by atoms with Crippen molar-refractivity contribution in [1.82, 2.24) is 14.3 Å². The van der Waals surface area contributed by atoms with Gasteiger partial charge in [-0.15, -0.1) is 0 Å². The smallest absolute Gasteiger partial charge is 0.230 e. The van der Waals surface area contributed by atoms with Crippen molar-refractivity contribution in [2.24, 2.45) is 0 Å². The molecule has 6 heteroatoms. The molecular formula is C17H20N4OS. The molecule has 120 valence electrons. The molecule has 2 aromatic rings. The fourth-order valence-corrected chi connectivity index (χ4v) is 3.79. The number of fused-ring (bicyclic) bond motifs is 1. The van der Waals surface area contributed by atoms with Gasteiger partial charge in [0.1, 0.15) is 5.82 Å². The van der Waals surface area contributed by atoms with Crippen molar-refractivity contribution in [3.8, 4) is 0 Å². The Balaban J connectivity index is 1.37. The second-order valence-electron chi connectivity index (χ2n) is 6.29. The minimum Gasteiger partial charge on any atom is -0.359 e. The molecule has 1 unspecified atom stereocenters. The van der Waals surface area contributed by atoms with Crippen LogP contribution in [0.1, 0.15) is 35.7 Å². The van der Waals surface area contributed by atoms with Gasteiger partial charge >= 0.3 is 0 Å². The van der Waals surface area contributed by atoms with Crippen LogP contribution >= 0.6 is 11.5 Å². The summed E-state index contributed by atoms with van der Waals surface area (Å²) < 4.78 is 4.16. The van der Waals surface area contributed by atoms with Crippen LogP contribution in [0.25, 0.3) is 0 Å². The highest BCUT2D eigenvalue weighted by molar-refractivity contribution is 7.09. The molecule has 23 heavy (non-hydrogen) atoms. The number of anilines is 1. The van der Waals surface area contributed by atoms with E-state index < -0.39 is 0 Å². The van der Waals surface area contributed by atoms with Gasteiger partial charge in [-0.3, -0.25) is 4.79 Å². The summed E-state index contributed by atoms with van der Waals surface area (Å²) in [6.45, 7) is 3.35. The zero-order valence-corrected chi connectivity index (χ0v) is 14.0. The minimum absolute atomic E-state index is 0.0653. The number of nitrogens with zero attached hydrogens (tertiary/aromatic N) is 3. The van der Waals surface area contributed by atoms with E-state index in [2.05, 4.69) is 31.7 Å². The second-order valence-corrected chi connectivity index (χ2v) is 7.04. The van der Waals surface area contributed by atoms with Crippen molar-refractivity contribution in [2.75, 3.05) is 18.4 Å². The average molecular weight is 328 g/mol. The number of rotatable bonds is 6. The molecule has 0 aliphatic heterocycles. The van der Waals surface area contributed by atoms with Gasteiger partial charge in [-0.2, -0.15) is 4.37 Å². The van der Waals surface area contributed by atoms with Crippen LogP contribution in [-0.2, 0) is 11.2 Å².